The smallest absolute Gasteiger partial charge is 0.313 e. The predicted molar refractivity (Wildman–Crippen MR) is 117 cm³/mol. The van der Waals surface area contributed by atoms with Crippen LogP contribution in [0, 0.1) is 5.92 Å². The largest absolute Gasteiger partial charge is 0.497 e. The van der Waals surface area contributed by atoms with Crippen LogP contribution in [0.3, 0.4) is 0 Å². The molecule has 0 aromatic heterocycles. The Labute approximate surface area is 182 Å². The van der Waals surface area contributed by atoms with Gasteiger partial charge in [0, 0.05) is 55.5 Å². The van der Waals surface area contributed by atoms with Gasteiger partial charge in [0.25, 0.3) is 0 Å². The number of anilines is 1. The van der Waals surface area contributed by atoms with E-state index in [1.807, 2.05) is 18.2 Å². The van der Waals surface area contributed by atoms with Crippen LogP contribution < -0.4 is 20.1 Å². The minimum atomic E-state index is -0.785. The van der Waals surface area contributed by atoms with Gasteiger partial charge >= 0.3 is 11.8 Å². The fraction of sp³-hybridized carbons (Fsp3) is 0.391. The van der Waals surface area contributed by atoms with Gasteiger partial charge in [-0.15, -0.1) is 0 Å². The van der Waals surface area contributed by atoms with Crippen molar-refractivity contribution < 1.29 is 24.2 Å². The number of benzene rings is 2. The van der Waals surface area contributed by atoms with Gasteiger partial charge in [0.05, 0.1) is 14.2 Å². The van der Waals surface area contributed by atoms with Crippen LogP contribution in [0.1, 0.15) is 12.0 Å². The molecule has 2 amide bonds. The quantitative estimate of drug-likeness (QED) is 0.581. The highest BCUT2D eigenvalue weighted by atomic mass is 16.5. The summed E-state index contributed by atoms with van der Waals surface area (Å²) in [7, 11) is 3.01. The lowest BCUT2D eigenvalue weighted by Gasteiger charge is -2.38. The highest BCUT2D eigenvalue weighted by Crippen LogP contribution is 2.26. The minimum absolute atomic E-state index is 0.0428. The molecule has 0 saturated carbocycles. The maximum absolute atomic E-state index is 12.6. The lowest BCUT2D eigenvalue weighted by molar-refractivity contribution is -0.137. The third-order valence-electron chi connectivity index (χ3n) is 5.46. The van der Waals surface area contributed by atoms with Gasteiger partial charge in [0.2, 0.25) is 0 Å². The zero-order chi connectivity index (χ0) is 22.2. The first-order chi connectivity index (χ1) is 15.0. The van der Waals surface area contributed by atoms with Crippen LogP contribution in [-0.4, -0.2) is 61.8 Å². The molecule has 1 saturated heterocycles. The summed E-state index contributed by atoms with van der Waals surface area (Å²) in [6.07, 6.45) is 0.739. The number of methoxy groups -OCH3 is 2. The number of nitrogens with one attached hydrogen (secondary N) is 2. The molecule has 0 radical (unpaired) electrons. The van der Waals surface area contributed by atoms with Gasteiger partial charge in [-0.1, -0.05) is 30.3 Å². The number of aliphatic hydroxyl groups is 1. The molecule has 2 unspecified atom stereocenters. The number of hydrogen-bond donors (Lipinski definition) is 3. The van der Waals surface area contributed by atoms with Crippen molar-refractivity contribution in [2.75, 3.05) is 39.2 Å². The lowest BCUT2D eigenvalue weighted by atomic mass is 9.92. The summed E-state index contributed by atoms with van der Waals surface area (Å²) in [5, 5.41) is 15.1. The van der Waals surface area contributed by atoms with Gasteiger partial charge in [-0.25, -0.2) is 0 Å². The Morgan fingerprint density at radius 2 is 1.74 bits per heavy atom. The van der Waals surface area contributed by atoms with Gasteiger partial charge in [0.1, 0.15) is 11.5 Å². The summed E-state index contributed by atoms with van der Waals surface area (Å²) in [6, 6.07) is 14.6. The van der Waals surface area contributed by atoms with Crippen molar-refractivity contribution in [1.29, 1.82) is 0 Å². The summed E-state index contributed by atoms with van der Waals surface area (Å²) < 4.78 is 10.4. The number of amides is 2. The van der Waals surface area contributed by atoms with Crippen molar-refractivity contribution in [3.8, 4) is 11.5 Å². The number of aliphatic hydroxyl groups excluding tert-OH is 1. The summed E-state index contributed by atoms with van der Waals surface area (Å²) in [5.74, 6) is -0.627. The van der Waals surface area contributed by atoms with Crippen LogP contribution in [0.15, 0.2) is 48.5 Å². The number of nitrogens with zero attached hydrogens (tertiary/aromatic N) is 1. The van der Waals surface area contributed by atoms with E-state index in [2.05, 4.69) is 27.7 Å². The van der Waals surface area contributed by atoms with Gasteiger partial charge in [-0.3, -0.25) is 14.5 Å². The molecule has 31 heavy (non-hydrogen) atoms. The molecule has 2 aromatic carbocycles. The van der Waals surface area contributed by atoms with E-state index in [1.165, 1.54) is 19.8 Å². The second kappa shape index (κ2) is 10.8. The van der Waals surface area contributed by atoms with Crippen molar-refractivity contribution in [3.63, 3.8) is 0 Å². The van der Waals surface area contributed by atoms with Crippen LogP contribution in [0.25, 0.3) is 0 Å². The molecule has 0 bridgehead atoms. The Balaban J connectivity index is 1.62. The van der Waals surface area contributed by atoms with Crippen LogP contribution in [0.2, 0.25) is 0 Å². The highest BCUT2D eigenvalue weighted by Gasteiger charge is 2.31. The number of likely N-dealkylation sites (tertiary alicyclic amines) is 1. The third-order valence-corrected chi connectivity index (χ3v) is 5.46. The molecule has 2 aromatic rings. The molecule has 2 atom stereocenters. The minimum Gasteiger partial charge on any atom is -0.497 e. The van der Waals surface area contributed by atoms with Crippen molar-refractivity contribution in [1.82, 2.24) is 10.2 Å². The molecule has 8 heteroatoms. The summed E-state index contributed by atoms with van der Waals surface area (Å²) in [4.78, 5) is 27.3. The van der Waals surface area contributed by atoms with Gasteiger partial charge in [-0.05, 0) is 18.5 Å². The molecular formula is C23H29N3O5. The van der Waals surface area contributed by atoms with Crippen LogP contribution in [0.5, 0.6) is 11.5 Å². The number of piperidine rings is 1. The Hall–Kier alpha value is -3.10. The Bertz CT molecular complexity index is 868. The maximum atomic E-state index is 12.6. The fourth-order valence-electron chi connectivity index (χ4n) is 3.74. The number of rotatable bonds is 7. The summed E-state index contributed by atoms with van der Waals surface area (Å²) in [5.41, 5.74) is 1.57. The lowest BCUT2D eigenvalue weighted by Crippen LogP contribution is -2.55. The van der Waals surface area contributed by atoms with E-state index in [9.17, 15) is 14.7 Å². The van der Waals surface area contributed by atoms with E-state index in [0.717, 1.165) is 19.5 Å². The second-order valence-corrected chi connectivity index (χ2v) is 7.59. The average molecular weight is 428 g/mol. The van der Waals surface area contributed by atoms with E-state index < -0.39 is 11.8 Å². The molecule has 0 spiro atoms. The van der Waals surface area contributed by atoms with Crippen molar-refractivity contribution >= 4 is 17.5 Å². The standard InChI is InChI=1S/C23H29N3O5/c1-30-19-10-18(11-20(12-19)31-2)24-22(28)23(29)25-21-14-26(9-8-17(21)15-27)13-16-6-4-3-5-7-16/h3-7,10-12,17,21,27H,8-9,13-15H2,1-2H3,(H,24,28)(H,25,29). The van der Waals surface area contributed by atoms with E-state index in [1.54, 1.807) is 18.2 Å². The summed E-state index contributed by atoms with van der Waals surface area (Å²) >= 11 is 0. The molecule has 1 heterocycles. The van der Waals surface area contributed by atoms with E-state index >= 15 is 0 Å². The number of hydrogen-bond acceptors (Lipinski definition) is 6. The van der Waals surface area contributed by atoms with Crippen LogP contribution >= 0.6 is 0 Å². The first-order valence-electron chi connectivity index (χ1n) is 10.2. The van der Waals surface area contributed by atoms with Gasteiger partial charge in [0.15, 0.2) is 0 Å². The number of carbonyl (C=O) groups is 2. The second-order valence-electron chi connectivity index (χ2n) is 7.59. The number of ether oxygens (including phenoxy) is 2. The average Bonchev–Trinajstić information content (AvgIpc) is 2.79. The van der Waals surface area contributed by atoms with E-state index in [4.69, 9.17) is 9.47 Å². The zero-order valence-corrected chi connectivity index (χ0v) is 17.8. The SMILES string of the molecule is COc1cc(NC(=O)C(=O)NC2CN(Cc3ccccc3)CCC2CO)cc(OC)c1. The van der Waals surface area contributed by atoms with Gasteiger partial charge in [-0.2, -0.15) is 0 Å². The molecule has 1 fully saturated rings. The molecule has 1 aliphatic rings. The van der Waals surface area contributed by atoms with E-state index in [0.29, 0.717) is 23.7 Å². The molecular weight excluding hydrogens is 398 g/mol. The van der Waals surface area contributed by atoms with Crippen LogP contribution in [-0.2, 0) is 16.1 Å². The van der Waals surface area contributed by atoms with Crippen molar-refractivity contribution in [3.05, 3.63) is 54.1 Å². The predicted octanol–water partition coefficient (Wildman–Crippen LogP) is 1.64. The third kappa shape index (κ3) is 6.19. The topological polar surface area (TPSA) is 100 Å². The number of carbonyl (C=O) groups excluding carboxylic acids is 2. The Morgan fingerprint density at radius 3 is 2.35 bits per heavy atom. The molecule has 1 aliphatic heterocycles. The Morgan fingerprint density at radius 1 is 1.06 bits per heavy atom. The Kier molecular flexibility index (Phi) is 7.86. The molecule has 3 N–H and O–H groups in total. The van der Waals surface area contributed by atoms with Crippen molar-refractivity contribution in [2.24, 2.45) is 5.92 Å². The molecule has 0 aliphatic carbocycles. The first kappa shape index (κ1) is 22.6. The zero-order valence-electron chi connectivity index (χ0n) is 17.8. The van der Waals surface area contributed by atoms with Crippen LogP contribution in [0.4, 0.5) is 5.69 Å². The molecule has 3 rings (SSSR count). The van der Waals surface area contributed by atoms with Gasteiger partial charge < -0.3 is 25.2 Å². The monoisotopic (exact) mass is 427 g/mol. The molecule has 166 valence electrons. The fourth-order valence-corrected chi connectivity index (χ4v) is 3.74. The summed E-state index contributed by atoms with van der Waals surface area (Å²) in [6.45, 7) is 2.09. The van der Waals surface area contributed by atoms with Crippen molar-refractivity contribution in [2.45, 2.75) is 19.0 Å². The first-order valence-corrected chi connectivity index (χ1v) is 10.2. The normalized spacial score (nSPS) is 18.8. The maximum Gasteiger partial charge on any atom is 0.313 e. The van der Waals surface area contributed by atoms with E-state index in [-0.39, 0.29) is 18.6 Å². The molecule has 8 nitrogen and oxygen atoms in total. The highest BCUT2D eigenvalue weighted by molar-refractivity contribution is 6.39.